The SMILES string of the molecule is CCOC(=O)c1ccc(NC(=O)CSc2nnc(-c3ccc(NC(=O)c4ccc(C(C)(C)C)cc4)cc3)n2C)cc1. The van der Waals surface area contributed by atoms with Crippen molar-refractivity contribution in [3.05, 3.63) is 89.5 Å². The lowest BCUT2D eigenvalue weighted by Crippen LogP contribution is -2.14. The molecule has 0 aliphatic rings. The van der Waals surface area contributed by atoms with Crippen molar-refractivity contribution in [3.63, 3.8) is 0 Å². The predicted octanol–water partition coefficient (Wildman–Crippen LogP) is 5.94. The summed E-state index contributed by atoms with van der Waals surface area (Å²) in [6, 6.07) is 21.5. The van der Waals surface area contributed by atoms with Crippen molar-refractivity contribution >= 4 is 40.9 Å². The van der Waals surface area contributed by atoms with E-state index in [1.807, 2.05) is 60.1 Å². The second-order valence-electron chi connectivity index (χ2n) is 10.4. The number of rotatable bonds is 9. The molecule has 0 saturated carbocycles. The lowest BCUT2D eigenvalue weighted by atomic mass is 9.87. The number of carbonyl (C=O) groups excluding carboxylic acids is 3. The molecular weight excluding hydrogens is 538 g/mol. The van der Waals surface area contributed by atoms with Gasteiger partial charge in [-0.15, -0.1) is 10.2 Å². The van der Waals surface area contributed by atoms with Crippen LogP contribution in [-0.2, 0) is 22.0 Å². The maximum atomic E-state index is 12.7. The van der Waals surface area contributed by atoms with Crippen LogP contribution >= 0.6 is 11.8 Å². The molecule has 0 bridgehead atoms. The first-order chi connectivity index (χ1) is 19.5. The minimum absolute atomic E-state index is 0.0238. The van der Waals surface area contributed by atoms with Gasteiger partial charge in [-0.3, -0.25) is 9.59 Å². The van der Waals surface area contributed by atoms with Gasteiger partial charge in [-0.05, 0) is 78.6 Å². The Labute approximate surface area is 243 Å². The molecule has 0 unspecified atom stereocenters. The fourth-order valence-electron chi connectivity index (χ4n) is 3.95. The molecule has 3 aromatic carbocycles. The van der Waals surface area contributed by atoms with Gasteiger partial charge in [0.15, 0.2) is 11.0 Å². The van der Waals surface area contributed by atoms with E-state index in [-0.39, 0.29) is 23.0 Å². The van der Waals surface area contributed by atoms with Crippen molar-refractivity contribution in [2.24, 2.45) is 7.05 Å². The average molecular weight is 572 g/mol. The van der Waals surface area contributed by atoms with E-state index in [1.54, 1.807) is 31.2 Å². The summed E-state index contributed by atoms with van der Waals surface area (Å²) in [5.74, 6) is -0.0217. The Morgan fingerprint density at radius 1 is 0.829 bits per heavy atom. The number of nitrogens with one attached hydrogen (secondary N) is 2. The van der Waals surface area contributed by atoms with Crippen LogP contribution in [0.15, 0.2) is 78.0 Å². The van der Waals surface area contributed by atoms with E-state index < -0.39 is 5.97 Å². The number of thioether (sulfide) groups is 1. The molecule has 212 valence electrons. The fraction of sp³-hybridized carbons (Fsp3) is 0.258. The summed E-state index contributed by atoms with van der Waals surface area (Å²) in [7, 11) is 1.83. The zero-order chi connectivity index (χ0) is 29.6. The van der Waals surface area contributed by atoms with Gasteiger partial charge in [0.25, 0.3) is 5.91 Å². The maximum absolute atomic E-state index is 12.7. The molecule has 2 amide bonds. The summed E-state index contributed by atoms with van der Waals surface area (Å²) in [6.45, 7) is 8.45. The van der Waals surface area contributed by atoms with Gasteiger partial charge >= 0.3 is 5.97 Å². The van der Waals surface area contributed by atoms with E-state index in [2.05, 4.69) is 41.6 Å². The number of carbonyl (C=O) groups is 3. The van der Waals surface area contributed by atoms with Gasteiger partial charge in [0.2, 0.25) is 5.91 Å². The Morgan fingerprint density at radius 2 is 1.41 bits per heavy atom. The molecule has 2 N–H and O–H groups in total. The molecule has 1 heterocycles. The molecule has 0 fully saturated rings. The highest BCUT2D eigenvalue weighted by Crippen LogP contribution is 2.25. The average Bonchev–Trinajstić information content (AvgIpc) is 3.32. The molecule has 0 saturated heterocycles. The van der Waals surface area contributed by atoms with Crippen molar-refractivity contribution in [2.45, 2.75) is 38.3 Å². The quantitative estimate of drug-likeness (QED) is 0.189. The van der Waals surface area contributed by atoms with Crippen LogP contribution in [0.2, 0.25) is 0 Å². The number of aromatic nitrogens is 3. The first-order valence-corrected chi connectivity index (χ1v) is 14.1. The first-order valence-electron chi connectivity index (χ1n) is 13.2. The Bertz CT molecular complexity index is 1520. The number of amides is 2. The molecule has 10 heteroatoms. The van der Waals surface area contributed by atoms with Crippen LogP contribution in [0.1, 0.15) is 54.0 Å². The second-order valence-corrected chi connectivity index (χ2v) is 11.3. The Morgan fingerprint density at radius 3 is 2.02 bits per heavy atom. The van der Waals surface area contributed by atoms with Gasteiger partial charge in [-0.2, -0.15) is 0 Å². The van der Waals surface area contributed by atoms with E-state index in [0.717, 1.165) is 5.56 Å². The molecule has 0 radical (unpaired) electrons. The molecule has 1 aromatic heterocycles. The second kappa shape index (κ2) is 12.8. The lowest BCUT2D eigenvalue weighted by Gasteiger charge is -2.19. The molecule has 0 aliphatic carbocycles. The largest absolute Gasteiger partial charge is 0.462 e. The molecule has 0 spiro atoms. The maximum Gasteiger partial charge on any atom is 0.338 e. The number of nitrogens with zero attached hydrogens (tertiary/aromatic N) is 3. The van der Waals surface area contributed by atoms with E-state index in [0.29, 0.717) is 40.1 Å². The summed E-state index contributed by atoms with van der Waals surface area (Å²) in [6.07, 6.45) is 0. The predicted molar refractivity (Wildman–Crippen MR) is 161 cm³/mol. The van der Waals surface area contributed by atoms with Gasteiger partial charge in [0.05, 0.1) is 17.9 Å². The van der Waals surface area contributed by atoms with Crippen LogP contribution < -0.4 is 10.6 Å². The summed E-state index contributed by atoms with van der Waals surface area (Å²) in [5, 5.41) is 14.8. The summed E-state index contributed by atoms with van der Waals surface area (Å²) < 4.78 is 6.79. The summed E-state index contributed by atoms with van der Waals surface area (Å²) in [5.41, 5.74) is 4.28. The normalized spacial score (nSPS) is 11.1. The van der Waals surface area contributed by atoms with Crippen molar-refractivity contribution < 1.29 is 19.1 Å². The fourth-order valence-corrected chi connectivity index (χ4v) is 4.66. The molecule has 4 aromatic rings. The van der Waals surface area contributed by atoms with Crippen LogP contribution in [0, 0.1) is 0 Å². The van der Waals surface area contributed by atoms with Crippen LogP contribution in [0.5, 0.6) is 0 Å². The summed E-state index contributed by atoms with van der Waals surface area (Å²) in [4.78, 5) is 36.9. The first kappa shape index (κ1) is 29.5. The number of ether oxygens (including phenoxy) is 1. The Hall–Kier alpha value is -4.44. The van der Waals surface area contributed by atoms with Crippen molar-refractivity contribution in [1.29, 1.82) is 0 Å². The lowest BCUT2D eigenvalue weighted by molar-refractivity contribution is -0.113. The standard InChI is InChI=1S/C31H33N5O4S/c1-6-40-29(39)22-11-17-24(18-12-22)32-26(37)19-41-30-35-34-27(36(30)5)20-9-15-25(16-10-20)33-28(38)21-7-13-23(14-8-21)31(2,3)4/h7-18H,6,19H2,1-5H3,(H,32,37)(H,33,38). The van der Waals surface area contributed by atoms with Crippen LogP contribution in [0.4, 0.5) is 11.4 Å². The van der Waals surface area contributed by atoms with E-state index >= 15 is 0 Å². The smallest absolute Gasteiger partial charge is 0.338 e. The zero-order valence-electron chi connectivity index (χ0n) is 23.7. The van der Waals surface area contributed by atoms with Gasteiger partial charge < -0.3 is 19.9 Å². The highest BCUT2D eigenvalue weighted by Gasteiger charge is 2.16. The number of benzene rings is 3. The van der Waals surface area contributed by atoms with Crippen molar-refractivity contribution in [2.75, 3.05) is 23.0 Å². The molecule has 0 aliphatic heterocycles. The van der Waals surface area contributed by atoms with Crippen LogP contribution in [-0.4, -0.2) is 44.9 Å². The number of hydrogen-bond donors (Lipinski definition) is 2. The van der Waals surface area contributed by atoms with Gasteiger partial charge in [-0.1, -0.05) is 44.7 Å². The third-order valence-corrected chi connectivity index (χ3v) is 7.28. The van der Waals surface area contributed by atoms with Crippen molar-refractivity contribution in [3.8, 4) is 11.4 Å². The number of esters is 1. The molecular formula is C31H33N5O4S. The monoisotopic (exact) mass is 571 g/mol. The van der Waals surface area contributed by atoms with Gasteiger partial charge in [-0.25, -0.2) is 4.79 Å². The number of hydrogen-bond acceptors (Lipinski definition) is 7. The van der Waals surface area contributed by atoms with E-state index in [1.165, 1.54) is 17.3 Å². The third kappa shape index (κ3) is 7.61. The minimum atomic E-state index is -0.402. The highest BCUT2D eigenvalue weighted by molar-refractivity contribution is 7.99. The van der Waals surface area contributed by atoms with Crippen molar-refractivity contribution in [1.82, 2.24) is 14.8 Å². The molecule has 4 rings (SSSR count). The third-order valence-electron chi connectivity index (χ3n) is 6.26. The Balaban J connectivity index is 1.32. The topological polar surface area (TPSA) is 115 Å². The number of anilines is 2. The minimum Gasteiger partial charge on any atom is -0.462 e. The van der Waals surface area contributed by atoms with Gasteiger partial charge in [0, 0.05) is 29.5 Å². The van der Waals surface area contributed by atoms with E-state index in [4.69, 9.17) is 4.74 Å². The van der Waals surface area contributed by atoms with Crippen LogP contribution in [0.3, 0.4) is 0 Å². The zero-order valence-corrected chi connectivity index (χ0v) is 24.5. The van der Waals surface area contributed by atoms with Gasteiger partial charge in [0.1, 0.15) is 0 Å². The molecule has 41 heavy (non-hydrogen) atoms. The van der Waals surface area contributed by atoms with Crippen LogP contribution in [0.25, 0.3) is 11.4 Å². The summed E-state index contributed by atoms with van der Waals surface area (Å²) >= 11 is 1.26. The molecule has 9 nitrogen and oxygen atoms in total. The highest BCUT2D eigenvalue weighted by atomic mass is 32.2. The Kier molecular flexibility index (Phi) is 9.24. The van der Waals surface area contributed by atoms with E-state index in [9.17, 15) is 14.4 Å². The molecule has 0 atom stereocenters.